The Morgan fingerprint density at radius 2 is 1.94 bits per heavy atom. The third-order valence-corrected chi connectivity index (χ3v) is 4.32. The Morgan fingerprint density at radius 3 is 2.61 bits per heavy atom. The molecule has 0 saturated carbocycles. The average molecular weight is 246 g/mol. The van der Waals surface area contributed by atoms with Crippen molar-refractivity contribution in [3.05, 3.63) is 35.4 Å². The molecule has 2 rings (SSSR count). The first-order valence-electron chi connectivity index (χ1n) is 7.28. The zero-order valence-corrected chi connectivity index (χ0v) is 11.7. The molecule has 1 aromatic rings. The predicted molar refractivity (Wildman–Crippen MR) is 77.5 cm³/mol. The van der Waals surface area contributed by atoms with Gasteiger partial charge in [0.1, 0.15) is 0 Å². The van der Waals surface area contributed by atoms with Crippen LogP contribution in [0, 0.1) is 0 Å². The van der Waals surface area contributed by atoms with E-state index in [0.717, 1.165) is 19.5 Å². The molecule has 2 atom stereocenters. The molecule has 100 valence electrons. The molecule has 0 aliphatic carbocycles. The fourth-order valence-corrected chi connectivity index (χ4v) is 3.13. The van der Waals surface area contributed by atoms with Crippen LogP contribution < -0.4 is 5.73 Å². The second kappa shape index (κ2) is 6.35. The third kappa shape index (κ3) is 2.93. The van der Waals surface area contributed by atoms with Crippen molar-refractivity contribution in [1.29, 1.82) is 0 Å². The summed E-state index contributed by atoms with van der Waals surface area (Å²) in [5.41, 5.74) is 8.90. The van der Waals surface area contributed by atoms with Crippen molar-refractivity contribution in [2.24, 2.45) is 5.73 Å². The maximum Gasteiger partial charge on any atom is 0.0242 e. The van der Waals surface area contributed by atoms with Gasteiger partial charge in [-0.1, -0.05) is 37.6 Å². The van der Waals surface area contributed by atoms with Gasteiger partial charge in [0.15, 0.2) is 0 Å². The quantitative estimate of drug-likeness (QED) is 0.885. The van der Waals surface area contributed by atoms with Gasteiger partial charge < -0.3 is 5.73 Å². The summed E-state index contributed by atoms with van der Waals surface area (Å²) in [7, 11) is 0. The van der Waals surface area contributed by atoms with Crippen LogP contribution in [-0.2, 0) is 13.0 Å². The second-order valence-electron chi connectivity index (χ2n) is 5.46. The summed E-state index contributed by atoms with van der Waals surface area (Å²) >= 11 is 0. The molecule has 1 aliphatic rings. The molecule has 0 radical (unpaired) electrons. The van der Waals surface area contributed by atoms with Crippen molar-refractivity contribution < 1.29 is 0 Å². The lowest BCUT2D eigenvalue weighted by atomic mass is 9.94. The van der Waals surface area contributed by atoms with Crippen LogP contribution in [0.3, 0.4) is 0 Å². The summed E-state index contributed by atoms with van der Waals surface area (Å²) in [6.45, 7) is 6.43. The first-order chi connectivity index (χ1) is 8.76. The fraction of sp³-hybridized carbons (Fsp3) is 0.625. The van der Waals surface area contributed by atoms with Crippen LogP contribution in [0.15, 0.2) is 24.3 Å². The Hall–Kier alpha value is -0.860. The smallest absolute Gasteiger partial charge is 0.0242 e. The zero-order chi connectivity index (χ0) is 13.0. The predicted octanol–water partition coefficient (Wildman–Crippen LogP) is 2.95. The van der Waals surface area contributed by atoms with E-state index in [0.29, 0.717) is 12.1 Å². The zero-order valence-electron chi connectivity index (χ0n) is 11.7. The van der Waals surface area contributed by atoms with Gasteiger partial charge in [0, 0.05) is 25.2 Å². The number of piperidine rings is 1. The number of rotatable bonds is 4. The van der Waals surface area contributed by atoms with E-state index in [9.17, 15) is 0 Å². The minimum atomic E-state index is 0.568. The van der Waals surface area contributed by atoms with Gasteiger partial charge in [-0.05, 0) is 37.3 Å². The van der Waals surface area contributed by atoms with Gasteiger partial charge in [0.2, 0.25) is 0 Å². The van der Waals surface area contributed by atoms with Crippen molar-refractivity contribution in [2.75, 3.05) is 6.54 Å². The number of hydrogen-bond acceptors (Lipinski definition) is 2. The molecule has 2 heteroatoms. The van der Waals surface area contributed by atoms with Crippen LogP contribution in [-0.4, -0.2) is 23.5 Å². The number of nitrogens with two attached hydrogens (primary N) is 1. The van der Waals surface area contributed by atoms with Crippen molar-refractivity contribution >= 4 is 0 Å². The molecule has 1 saturated heterocycles. The highest BCUT2D eigenvalue weighted by molar-refractivity contribution is 5.27. The van der Waals surface area contributed by atoms with Crippen LogP contribution in [0.1, 0.15) is 44.2 Å². The van der Waals surface area contributed by atoms with E-state index in [4.69, 9.17) is 5.73 Å². The van der Waals surface area contributed by atoms with Crippen molar-refractivity contribution in [3.63, 3.8) is 0 Å². The molecule has 1 heterocycles. The largest absolute Gasteiger partial charge is 0.329 e. The average Bonchev–Trinajstić information content (AvgIpc) is 2.41. The van der Waals surface area contributed by atoms with Gasteiger partial charge in [-0.3, -0.25) is 4.90 Å². The molecule has 0 spiro atoms. The number of nitrogens with zero attached hydrogens (tertiary/aromatic N) is 1. The maximum atomic E-state index is 5.94. The molecular weight excluding hydrogens is 220 g/mol. The van der Waals surface area contributed by atoms with E-state index in [1.54, 1.807) is 0 Å². The Balaban J connectivity index is 2.14. The first kappa shape index (κ1) is 13.6. The van der Waals surface area contributed by atoms with Crippen LogP contribution in [0.25, 0.3) is 0 Å². The van der Waals surface area contributed by atoms with E-state index in [1.807, 2.05) is 0 Å². The fourth-order valence-electron chi connectivity index (χ4n) is 3.13. The lowest BCUT2D eigenvalue weighted by Crippen LogP contribution is -2.48. The molecule has 1 fully saturated rings. The highest BCUT2D eigenvalue weighted by Gasteiger charge is 2.26. The number of likely N-dealkylation sites (tertiary alicyclic amines) is 1. The molecule has 0 bridgehead atoms. The topological polar surface area (TPSA) is 29.3 Å². The van der Waals surface area contributed by atoms with Crippen LogP contribution >= 0.6 is 0 Å². The monoisotopic (exact) mass is 246 g/mol. The minimum absolute atomic E-state index is 0.568. The molecule has 2 N–H and O–H groups in total. The van der Waals surface area contributed by atoms with E-state index in [-0.39, 0.29) is 0 Å². The molecule has 2 unspecified atom stereocenters. The maximum absolute atomic E-state index is 5.94. The van der Waals surface area contributed by atoms with Gasteiger partial charge in [-0.25, -0.2) is 0 Å². The Labute approximate surface area is 111 Å². The van der Waals surface area contributed by atoms with Crippen molar-refractivity contribution in [3.8, 4) is 0 Å². The molecule has 1 aliphatic heterocycles. The van der Waals surface area contributed by atoms with Gasteiger partial charge in [0.25, 0.3) is 0 Å². The van der Waals surface area contributed by atoms with E-state index in [2.05, 4.69) is 43.0 Å². The van der Waals surface area contributed by atoms with Crippen molar-refractivity contribution in [1.82, 2.24) is 4.90 Å². The number of hydrogen-bond donors (Lipinski definition) is 1. The highest BCUT2D eigenvalue weighted by atomic mass is 15.2. The van der Waals surface area contributed by atoms with Crippen LogP contribution in [0.5, 0.6) is 0 Å². The van der Waals surface area contributed by atoms with Crippen LogP contribution in [0.2, 0.25) is 0 Å². The van der Waals surface area contributed by atoms with Gasteiger partial charge in [-0.15, -0.1) is 0 Å². The van der Waals surface area contributed by atoms with E-state index < -0.39 is 0 Å². The van der Waals surface area contributed by atoms with Gasteiger partial charge in [-0.2, -0.15) is 0 Å². The molecular formula is C16H26N2. The molecule has 0 amide bonds. The molecule has 2 nitrogen and oxygen atoms in total. The first-order valence-corrected chi connectivity index (χ1v) is 7.28. The number of aryl methyl sites for hydroxylation is 1. The normalized spacial score (nSPS) is 25.3. The van der Waals surface area contributed by atoms with E-state index in [1.165, 1.54) is 30.4 Å². The van der Waals surface area contributed by atoms with E-state index >= 15 is 0 Å². The Bertz CT molecular complexity index is 375. The standard InChI is InChI=1S/C16H26N2/c1-3-14-8-4-5-9-15(14)12-18-13(2)7-6-10-16(18)11-17/h4-5,8-9,13,16H,3,6-7,10-12,17H2,1-2H3. The summed E-state index contributed by atoms with van der Waals surface area (Å²) in [4.78, 5) is 2.61. The molecule has 18 heavy (non-hydrogen) atoms. The summed E-state index contributed by atoms with van der Waals surface area (Å²) in [5.74, 6) is 0. The Morgan fingerprint density at radius 1 is 1.22 bits per heavy atom. The highest BCUT2D eigenvalue weighted by Crippen LogP contribution is 2.25. The lowest BCUT2D eigenvalue weighted by Gasteiger charge is -2.40. The van der Waals surface area contributed by atoms with Crippen LogP contribution in [0.4, 0.5) is 0 Å². The number of benzene rings is 1. The summed E-state index contributed by atoms with van der Waals surface area (Å²) in [5, 5.41) is 0. The SMILES string of the molecule is CCc1ccccc1CN1C(C)CCCC1CN. The molecule has 1 aromatic carbocycles. The second-order valence-corrected chi connectivity index (χ2v) is 5.46. The minimum Gasteiger partial charge on any atom is -0.329 e. The third-order valence-electron chi connectivity index (χ3n) is 4.32. The summed E-state index contributed by atoms with van der Waals surface area (Å²) in [6, 6.07) is 10.0. The van der Waals surface area contributed by atoms with Crippen molar-refractivity contribution in [2.45, 2.75) is 58.2 Å². The molecule has 0 aromatic heterocycles. The summed E-state index contributed by atoms with van der Waals surface area (Å²) in [6.07, 6.45) is 5.01. The Kier molecular flexibility index (Phi) is 4.79. The lowest BCUT2D eigenvalue weighted by molar-refractivity contribution is 0.0889. The summed E-state index contributed by atoms with van der Waals surface area (Å²) < 4.78 is 0. The van der Waals surface area contributed by atoms with Gasteiger partial charge in [0.05, 0.1) is 0 Å². The van der Waals surface area contributed by atoms with Gasteiger partial charge >= 0.3 is 0 Å².